The lowest BCUT2D eigenvalue weighted by molar-refractivity contribution is -0.139. The molecule has 3 amide bonds. The predicted octanol–water partition coefficient (Wildman–Crippen LogP) is 2.11. The Bertz CT molecular complexity index is 778. The summed E-state index contributed by atoms with van der Waals surface area (Å²) in [4.78, 5) is 41.2. The molecular weight excluding hydrogens is 349 g/mol. The Morgan fingerprint density at radius 3 is 2.37 bits per heavy atom. The van der Waals surface area contributed by atoms with Gasteiger partial charge < -0.3 is 15.1 Å². The van der Waals surface area contributed by atoms with E-state index in [9.17, 15) is 18.8 Å². The third-order valence-electron chi connectivity index (χ3n) is 5.92. The molecule has 2 heterocycles. The number of carbonyl (C=O) groups excluding carboxylic acids is 3. The number of hydrogen-bond acceptors (Lipinski definition) is 3. The van der Waals surface area contributed by atoms with E-state index < -0.39 is 11.7 Å². The van der Waals surface area contributed by atoms with Gasteiger partial charge in [0.15, 0.2) is 0 Å². The molecule has 27 heavy (non-hydrogen) atoms. The molecular formula is C20H24FN3O3. The van der Waals surface area contributed by atoms with Crippen molar-refractivity contribution in [2.24, 2.45) is 5.92 Å². The minimum atomic E-state index is -0.668. The first kappa shape index (κ1) is 17.9. The summed E-state index contributed by atoms with van der Waals surface area (Å²) in [6.07, 6.45) is 3.80. The van der Waals surface area contributed by atoms with E-state index in [0.717, 1.165) is 25.7 Å². The molecule has 1 aliphatic carbocycles. The Hall–Kier alpha value is -2.44. The highest BCUT2D eigenvalue weighted by atomic mass is 19.1. The fourth-order valence-electron chi connectivity index (χ4n) is 4.14. The second kappa shape index (κ2) is 7.29. The summed E-state index contributed by atoms with van der Waals surface area (Å²) < 4.78 is 13.7. The van der Waals surface area contributed by atoms with Crippen molar-refractivity contribution in [3.8, 4) is 0 Å². The van der Waals surface area contributed by atoms with E-state index in [1.807, 2.05) is 4.90 Å². The number of nitrogens with zero attached hydrogens (tertiary/aromatic N) is 2. The molecule has 0 bridgehead atoms. The maximum atomic E-state index is 13.7. The Morgan fingerprint density at radius 1 is 1.00 bits per heavy atom. The van der Waals surface area contributed by atoms with Crippen LogP contribution in [0.15, 0.2) is 18.2 Å². The van der Waals surface area contributed by atoms with Crippen molar-refractivity contribution in [1.29, 1.82) is 0 Å². The first-order chi connectivity index (χ1) is 13.0. The van der Waals surface area contributed by atoms with Crippen LogP contribution in [0, 0.1) is 11.7 Å². The number of anilines is 1. The SMILES string of the molecule is O=C1CC(C(=O)N2CCCN(C(=O)C3CCC3)CC2)c2cc(F)ccc2N1. The van der Waals surface area contributed by atoms with Gasteiger partial charge in [-0.2, -0.15) is 0 Å². The third-order valence-corrected chi connectivity index (χ3v) is 5.92. The zero-order chi connectivity index (χ0) is 19.0. The van der Waals surface area contributed by atoms with Gasteiger partial charge in [0.25, 0.3) is 0 Å². The van der Waals surface area contributed by atoms with Crippen LogP contribution in [-0.2, 0) is 14.4 Å². The molecule has 4 rings (SSSR count). The summed E-state index contributed by atoms with van der Waals surface area (Å²) >= 11 is 0. The van der Waals surface area contributed by atoms with E-state index >= 15 is 0 Å². The second-order valence-corrected chi connectivity index (χ2v) is 7.67. The molecule has 2 aliphatic heterocycles. The predicted molar refractivity (Wildman–Crippen MR) is 97.5 cm³/mol. The number of amides is 3. The number of benzene rings is 1. The van der Waals surface area contributed by atoms with Crippen molar-refractivity contribution in [3.05, 3.63) is 29.6 Å². The van der Waals surface area contributed by atoms with Gasteiger partial charge in [0.1, 0.15) is 5.82 Å². The van der Waals surface area contributed by atoms with Gasteiger partial charge >= 0.3 is 0 Å². The lowest BCUT2D eigenvalue weighted by Crippen LogP contribution is -2.43. The Balaban J connectivity index is 1.47. The van der Waals surface area contributed by atoms with Crippen molar-refractivity contribution >= 4 is 23.4 Å². The summed E-state index contributed by atoms with van der Waals surface area (Å²) in [5.41, 5.74) is 1.04. The Kier molecular flexibility index (Phi) is 4.85. The average molecular weight is 373 g/mol. The fraction of sp³-hybridized carbons (Fsp3) is 0.550. The van der Waals surface area contributed by atoms with Crippen LogP contribution in [0.25, 0.3) is 0 Å². The largest absolute Gasteiger partial charge is 0.341 e. The number of hydrogen-bond donors (Lipinski definition) is 1. The van der Waals surface area contributed by atoms with Crippen LogP contribution in [-0.4, -0.2) is 53.7 Å². The minimum absolute atomic E-state index is 0.0243. The van der Waals surface area contributed by atoms with Crippen molar-refractivity contribution < 1.29 is 18.8 Å². The number of nitrogens with one attached hydrogen (secondary N) is 1. The van der Waals surface area contributed by atoms with E-state index in [2.05, 4.69) is 5.32 Å². The van der Waals surface area contributed by atoms with Gasteiger partial charge in [0.2, 0.25) is 17.7 Å². The monoisotopic (exact) mass is 373 g/mol. The van der Waals surface area contributed by atoms with Gasteiger partial charge in [0, 0.05) is 44.2 Å². The van der Waals surface area contributed by atoms with Crippen LogP contribution in [0.1, 0.15) is 43.6 Å². The minimum Gasteiger partial charge on any atom is -0.341 e. The molecule has 1 N–H and O–H groups in total. The Labute approximate surface area is 157 Å². The van der Waals surface area contributed by atoms with Gasteiger partial charge in [-0.05, 0) is 43.0 Å². The molecule has 144 valence electrons. The lowest BCUT2D eigenvalue weighted by atomic mass is 9.84. The molecule has 1 aromatic carbocycles. The van der Waals surface area contributed by atoms with Crippen LogP contribution in [0.3, 0.4) is 0 Å². The smallest absolute Gasteiger partial charge is 0.230 e. The maximum absolute atomic E-state index is 13.7. The number of rotatable bonds is 2. The second-order valence-electron chi connectivity index (χ2n) is 7.67. The van der Waals surface area contributed by atoms with Crippen LogP contribution in [0.2, 0.25) is 0 Å². The summed E-state index contributed by atoms with van der Waals surface area (Å²) in [5.74, 6) is -1.11. The number of fused-ring (bicyclic) bond motifs is 1. The van der Waals surface area contributed by atoms with E-state index in [4.69, 9.17) is 0 Å². The molecule has 1 saturated carbocycles. The van der Waals surface area contributed by atoms with E-state index in [-0.39, 0.29) is 30.1 Å². The highest BCUT2D eigenvalue weighted by Gasteiger charge is 2.35. The van der Waals surface area contributed by atoms with Crippen molar-refractivity contribution in [3.63, 3.8) is 0 Å². The normalized spacial score (nSPS) is 23.1. The highest BCUT2D eigenvalue weighted by Crippen LogP contribution is 2.34. The standard InChI is InChI=1S/C20H24FN3O3/c21-14-5-6-17-15(11-14)16(12-18(25)22-17)20(27)24-8-2-7-23(9-10-24)19(26)13-3-1-4-13/h5-6,11,13,16H,1-4,7-10,12H2,(H,22,25). The van der Waals surface area contributed by atoms with Crippen LogP contribution in [0.4, 0.5) is 10.1 Å². The summed E-state index contributed by atoms with van der Waals surface area (Å²) in [5, 5.41) is 2.71. The molecule has 0 spiro atoms. The van der Waals surface area contributed by atoms with Gasteiger partial charge in [-0.1, -0.05) is 6.42 Å². The van der Waals surface area contributed by atoms with E-state index in [0.29, 0.717) is 37.4 Å². The summed E-state index contributed by atoms with van der Waals surface area (Å²) in [6, 6.07) is 4.12. The van der Waals surface area contributed by atoms with Gasteiger partial charge in [0.05, 0.1) is 5.92 Å². The van der Waals surface area contributed by atoms with Crippen LogP contribution < -0.4 is 5.32 Å². The molecule has 3 aliphatic rings. The van der Waals surface area contributed by atoms with Crippen molar-refractivity contribution in [2.45, 2.75) is 38.0 Å². The number of carbonyl (C=O) groups is 3. The zero-order valence-electron chi connectivity index (χ0n) is 15.2. The zero-order valence-corrected chi connectivity index (χ0v) is 15.2. The number of halogens is 1. The molecule has 1 saturated heterocycles. The van der Waals surface area contributed by atoms with Gasteiger partial charge in [-0.15, -0.1) is 0 Å². The highest BCUT2D eigenvalue weighted by molar-refractivity contribution is 6.01. The molecule has 7 heteroatoms. The van der Waals surface area contributed by atoms with Crippen LogP contribution in [0.5, 0.6) is 0 Å². The molecule has 0 radical (unpaired) electrons. The van der Waals surface area contributed by atoms with Gasteiger partial charge in [-0.3, -0.25) is 14.4 Å². The van der Waals surface area contributed by atoms with Gasteiger partial charge in [-0.25, -0.2) is 4.39 Å². The van der Waals surface area contributed by atoms with Crippen molar-refractivity contribution in [1.82, 2.24) is 9.80 Å². The summed E-state index contributed by atoms with van der Waals surface area (Å²) in [6.45, 7) is 2.20. The lowest BCUT2D eigenvalue weighted by Gasteiger charge is -2.32. The quantitative estimate of drug-likeness (QED) is 0.863. The van der Waals surface area contributed by atoms with E-state index in [1.54, 1.807) is 4.90 Å². The summed E-state index contributed by atoms with van der Waals surface area (Å²) in [7, 11) is 0. The van der Waals surface area contributed by atoms with Crippen LogP contribution >= 0.6 is 0 Å². The Morgan fingerprint density at radius 2 is 1.70 bits per heavy atom. The van der Waals surface area contributed by atoms with E-state index in [1.165, 1.54) is 18.2 Å². The molecule has 2 fully saturated rings. The van der Waals surface area contributed by atoms with Crippen molar-refractivity contribution in [2.75, 3.05) is 31.5 Å². The first-order valence-corrected chi connectivity index (χ1v) is 9.70. The molecule has 1 aromatic rings. The first-order valence-electron chi connectivity index (χ1n) is 9.70. The fourth-order valence-corrected chi connectivity index (χ4v) is 4.14. The molecule has 1 atom stereocenters. The maximum Gasteiger partial charge on any atom is 0.230 e. The molecule has 0 aromatic heterocycles. The molecule has 6 nitrogen and oxygen atoms in total. The molecule has 1 unspecified atom stereocenters. The third kappa shape index (κ3) is 3.55. The topological polar surface area (TPSA) is 69.7 Å². The average Bonchev–Trinajstić information content (AvgIpc) is 2.85.